The van der Waals surface area contributed by atoms with Crippen LogP contribution in [-0.2, 0) is 4.79 Å². The average Bonchev–Trinajstić information content (AvgIpc) is 3.02. The quantitative estimate of drug-likeness (QED) is 0.922. The van der Waals surface area contributed by atoms with Gasteiger partial charge in [-0.15, -0.1) is 0 Å². The zero-order valence-electron chi connectivity index (χ0n) is 13.1. The number of amides is 1. The Morgan fingerprint density at radius 2 is 1.68 bits per heavy atom. The van der Waals surface area contributed by atoms with Gasteiger partial charge in [0.15, 0.2) is 0 Å². The van der Waals surface area contributed by atoms with Crippen LogP contribution in [0.1, 0.15) is 25.7 Å². The molecule has 1 aromatic rings. The minimum atomic E-state index is -1.09. The molecule has 22 heavy (non-hydrogen) atoms. The summed E-state index contributed by atoms with van der Waals surface area (Å²) in [6.07, 6.45) is 3.14. The van der Waals surface area contributed by atoms with Crippen molar-refractivity contribution in [3.8, 4) is 5.75 Å². The summed E-state index contributed by atoms with van der Waals surface area (Å²) in [5.74, 6) is 0.778. The van der Waals surface area contributed by atoms with Crippen LogP contribution >= 0.6 is 0 Å². The molecule has 3 rings (SSSR count). The third-order valence-electron chi connectivity index (χ3n) is 4.83. The minimum Gasteiger partial charge on any atom is -0.497 e. The molecule has 0 spiro atoms. The molecule has 1 heterocycles. The third kappa shape index (κ3) is 2.90. The second-order valence-electron chi connectivity index (χ2n) is 6.22. The first-order valence-electron chi connectivity index (χ1n) is 8.03. The summed E-state index contributed by atoms with van der Waals surface area (Å²) in [6, 6.07) is 7.99. The van der Waals surface area contributed by atoms with Gasteiger partial charge in [0.1, 0.15) is 11.4 Å². The van der Waals surface area contributed by atoms with E-state index in [4.69, 9.17) is 4.74 Å². The number of ether oxygens (including phenoxy) is 1. The summed E-state index contributed by atoms with van der Waals surface area (Å²) in [6.45, 7) is 2.95. The fourth-order valence-corrected chi connectivity index (χ4v) is 3.43. The molecule has 1 aliphatic heterocycles. The standard InChI is InChI=1S/C17H24N2O3/c1-22-15-6-4-14(5-7-15)18-10-12-19(13-11-18)16(20)17(21)8-2-3-9-17/h4-7,21H,2-3,8-13H2,1H3. The summed E-state index contributed by atoms with van der Waals surface area (Å²) in [7, 11) is 1.66. The number of nitrogens with zero attached hydrogens (tertiary/aromatic N) is 2. The zero-order valence-corrected chi connectivity index (χ0v) is 13.1. The smallest absolute Gasteiger partial charge is 0.254 e. The number of carbonyl (C=O) groups excluding carboxylic acids is 1. The first-order chi connectivity index (χ1) is 10.6. The number of aliphatic hydroxyl groups is 1. The topological polar surface area (TPSA) is 53.0 Å². The van der Waals surface area contributed by atoms with Gasteiger partial charge in [-0.25, -0.2) is 0 Å². The van der Waals surface area contributed by atoms with Crippen molar-refractivity contribution in [1.82, 2.24) is 4.90 Å². The second kappa shape index (κ2) is 6.16. The lowest BCUT2D eigenvalue weighted by Gasteiger charge is -2.39. The molecular weight excluding hydrogens is 280 g/mol. The summed E-state index contributed by atoms with van der Waals surface area (Å²) in [5.41, 5.74) is 0.0509. The van der Waals surface area contributed by atoms with Crippen LogP contribution in [-0.4, -0.2) is 54.8 Å². The SMILES string of the molecule is COc1ccc(N2CCN(C(=O)C3(O)CCCC3)CC2)cc1. The maximum absolute atomic E-state index is 12.5. The average molecular weight is 304 g/mol. The summed E-state index contributed by atoms with van der Waals surface area (Å²) < 4.78 is 5.17. The number of piperazine rings is 1. The Morgan fingerprint density at radius 3 is 2.23 bits per heavy atom. The van der Waals surface area contributed by atoms with E-state index in [1.165, 1.54) is 0 Å². The molecule has 1 amide bonds. The molecule has 2 aliphatic rings. The zero-order chi connectivity index (χ0) is 15.6. The number of hydrogen-bond donors (Lipinski definition) is 1. The van der Waals surface area contributed by atoms with Crippen molar-refractivity contribution < 1.29 is 14.6 Å². The molecular formula is C17H24N2O3. The van der Waals surface area contributed by atoms with Crippen LogP contribution in [0.25, 0.3) is 0 Å². The maximum Gasteiger partial charge on any atom is 0.254 e. The summed E-state index contributed by atoms with van der Waals surface area (Å²) in [4.78, 5) is 16.6. The highest BCUT2D eigenvalue weighted by atomic mass is 16.5. The number of hydrogen-bond acceptors (Lipinski definition) is 4. The van der Waals surface area contributed by atoms with Crippen molar-refractivity contribution in [3.63, 3.8) is 0 Å². The predicted molar refractivity (Wildman–Crippen MR) is 85.2 cm³/mol. The van der Waals surface area contributed by atoms with Crippen molar-refractivity contribution in [2.45, 2.75) is 31.3 Å². The highest BCUT2D eigenvalue weighted by Crippen LogP contribution is 2.31. The number of rotatable bonds is 3. The monoisotopic (exact) mass is 304 g/mol. The molecule has 0 atom stereocenters. The van der Waals surface area contributed by atoms with Gasteiger partial charge in [0.05, 0.1) is 7.11 Å². The Kier molecular flexibility index (Phi) is 4.25. The van der Waals surface area contributed by atoms with Crippen LogP contribution in [0, 0.1) is 0 Å². The number of anilines is 1. The molecule has 120 valence electrons. The van der Waals surface area contributed by atoms with E-state index in [2.05, 4.69) is 4.90 Å². The molecule has 1 N–H and O–H groups in total. The lowest BCUT2D eigenvalue weighted by atomic mass is 10.00. The van der Waals surface area contributed by atoms with E-state index < -0.39 is 5.60 Å². The van der Waals surface area contributed by atoms with Crippen molar-refractivity contribution in [1.29, 1.82) is 0 Å². The van der Waals surface area contributed by atoms with Crippen molar-refractivity contribution >= 4 is 11.6 Å². The van der Waals surface area contributed by atoms with Gasteiger partial charge in [-0.1, -0.05) is 0 Å². The largest absolute Gasteiger partial charge is 0.497 e. The molecule has 0 aromatic heterocycles. The number of methoxy groups -OCH3 is 1. The van der Waals surface area contributed by atoms with Crippen LogP contribution in [0.15, 0.2) is 24.3 Å². The van der Waals surface area contributed by atoms with E-state index in [1.54, 1.807) is 7.11 Å². The first-order valence-corrected chi connectivity index (χ1v) is 8.03. The molecule has 5 heteroatoms. The van der Waals surface area contributed by atoms with E-state index in [9.17, 15) is 9.90 Å². The van der Waals surface area contributed by atoms with Gasteiger partial charge in [-0.3, -0.25) is 4.79 Å². The lowest BCUT2D eigenvalue weighted by molar-refractivity contribution is -0.151. The van der Waals surface area contributed by atoms with Crippen LogP contribution in [0.5, 0.6) is 5.75 Å². The summed E-state index contributed by atoms with van der Waals surface area (Å²) >= 11 is 0. The van der Waals surface area contributed by atoms with E-state index in [0.29, 0.717) is 25.9 Å². The molecule has 5 nitrogen and oxygen atoms in total. The molecule has 2 fully saturated rings. The highest BCUT2D eigenvalue weighted by molar-refractivity contribution is 5.85. The Morgan fingerprint density at radius 1 is 1.09 bits per heavy atom. The van der Waals surface area contributed by atoms with Gasteiger partial charge in [0.2, 0.25) is 0 Å². The van der Waals surface area contributed by atoms with Gasteiger partial charge >= 0.3 is 0 Å². The van der Waals surface area contributed by atoms with Crippen LogP contribution in [0.2, 0.25) is 0 Å². The Balaban J connectivity index is 1.58. The lowest BCUT2D eigenvalue weighted by Crippen LogP contribution is -2.55. The van der Waals surface area contributed by atoms with Gasteiger partial charge < -0.3 is 19.6 Å². The highest BCUT2D eigenvalue weighted by Gasteiger charge is 2.42. The van der Waals surface area contributed by atoms with Gasteiger partial charge in [-0.2, -0.15) is 0 Å². The van der Waals surface area contributed by atoms with Gasteiger partial charge in [-0.05, 0) is 49.9 Å². The molecule has 1 saturated carbocycles. The molecule has 1 saturated heterocycles. The van der Waals surface area contributed by atoms with Crippen molar-refractivity contribution in [2.75, 3.05) is 38.2 Å². The number of benzene rings is 1. The Labute approximate surface area is 131 Å². The Hall–Kier alpha value is -1.75. The molecule has 1 aliphatic carbocycles. The second-order valence-corrected chi connectivity index (χ2v) is 6.22. The van der Waals surface area contributed by atoms with E-state index in [1.807, 2.05) is 29.2 Å². The predicted octanol–water partition coefficient (Wildman–Crippen LogP) is 1.65. The van der Waals surface area contributed by atoms with Gasteiger partial charge in [0.25, 0.3) is 5.91 Å². The third-order valence-corrected chi connectivity index (χ3v) is 4.83. The van der Waals surface area contributed by atoms with E-state index in [0.717, 1.165) is 37.4 Å². The van der Waals surface area contributed by atoms with E-state index in [-0.39, 0.29) is 5.91 Å². The fraction of sp³-hybridized carbons (Fsp3) is 0.588. The van der Waals surface area contributed by atoms with E-state index >= 15 is 0 Å². The number of carbonyl (C=O) groups is 1. The molecule has 1 aromatic carbocycles. The summed E-state index contributed by atoms with van der Waals surface area (Å²) in [5, 5.41) is 10.4. The first kappa shape index (κ1) is 15.2. The Bertz CT molecular complexity index is 515. The van der Waals surface area contributed by atoms with Crippen LogP contribution < -0.4 is 9.64 Å². The van der Waals surface area contributed by atoms with Crippen LogP contribution in [0.3, 0.4) is 0 Å². The van der Waals surface area contributed by atoms with Gasteiger partial charge in [0, 0.05) is 31.9 Å². The minimum absolute atomic E-state index is 0.0700. The normalized spacial score (nSPS) is 21.0. The molecule has 0 unspecified atom stereocenters. The maximum atomic E-state index is 12.5. The van der Waals surface area contributed by atoms with Crippen molar-refractivity contribution in [2.24, 2.45) is 0 Å². The van der Waals surface area contributed by atoms with Crippen molar-refractivity contribution in [3.05, 3.63) is 24.3 Å². The molecule has 0 bridgehead atoms. The van der Waals surface area contributed by atoms with Crippen LogP contribution in [0.4, 0.5) is 5.69 Å². The molecule has 0 radical (unpaired) electrons. The fourth-order valence-electron chi connectivity index (χ4n) is 3.43.